The second-order valence-corrected chi connectivity index (χ2v) is 3.35. The number of ether oxygens (including phenoxy) is 4. The average molecular weight is 222 g/mol. The molecule has 0 amide bonds. The van der Waals surface area contributed by atoms with Gasteiger partial charge >= 0.3 is 0 Å². The molecular weight excluding hydrogens is 204 g/mol. The zero-order chi connectivity index (χ0) is 11.4. The molecule has 0 aromatic carbocycles. The van der Waals surface area contributed by atoms with E-state index in [4.69, 9.17) is 24.1 Å². The van der Waals surface area contributed by atoms with Gasteiger partial charge in [0.25, 0.3) is 0 Å². The van der Waals surface area contributed by atoms with E-state index in [9.17, 15) is 5.11 Å². The number of methoxy groups -OCH3 is 3. The van der Waals surface area contributed by atoms with E-state index < -0.39 is 30.7 Å². The van der Waals surface area contributed by atoms with Crippen molar-refractivity contribution in [3.8, 4) is 0 Å². The van der Waals surface area contributed by atoms with Crippen molar-refractivity contribution in [2.75, 3.05) is 27.9 Å². The molecule has 0 saturated carbocycles. The van der Waals surface area contributed by atoms with E-state index in [0.717, 1.165) is 0 Å². The van der Waals surface area contributed by atoms with Crippen LogP contribution in [0.4, 0.5) is 0 Å². The Bertz CT molecular complexity index is 169. The van der Waals surface area contributed by atoms with Gasteiger partial charge in [0.2, 0.25) is 0 Å². The van der Waals surface area contributed by atoms with Gasteiger partial charge in [0.1, 0.15) is 24.4 Å². The molecule has 6 heteroatoms. The summed E-state index contributed by atoms with van der Waals surface area (Å²) in [4.78, 5) is 0. The summed E-state index contributed by atoms with van der Waals surface area (Å²) in [5.74, 6) is 0. The van der Waals surface area contributed by atoms with Crippen molar-refractivity contribution < 1.29 is 29.2 Å². The van der Waals surface area contributed by atoms with Crippen LogP contribution in [0.1, 0.15) is 0 Å². The van der Waals surface area contributed by atoms with Crippen LogP contribution in [0.2, 0.25) is 0 Å². The van der Waals surface area contributed by atoms with Crippen LogP contribution in [-0.4, -0.2) is 68.9 Å². The number of hydrogen-bond acceptors (Lipinski definition) is 6. The van der Waals surface area contributed by atoms with Crippen molar-refractivity contribution in [2.24, 2.45) is 0 Å². The molecule has 90 valence electrons. The van der Waals surface area contributed by atoms with Crippen molar-refractivity contribution in [1.82, 2.24) is 0 Å². The van der Waals surface area contributed by atoms with E-state index in [1.807, 2.05) is 0 Å². The third-order valence-electron chi connectivity index (χ3n) is 2.57. The Labute approximate surface area is 88.7 Å². The molecule has 6 nitrogen and oxygen atoms in total. The van der Waals surface area contributed by atoms with Gasteiger partial charge in [-0.15, -0.1) is 0 Å². The molecule has 15 heavy (non-hydrogen) atoms. The summed E-state index contributed by atoms with van der Waals surface area (Å²) in [7, 11) is 4.35. The molecule has 0 spiro atoms. The molecule has 0 radical (unpaired) electrons. The first-order valence-electron chi connectivity index (χ1n) is 4.72. The second-order valence-electron chi connectivity index (χ2n) is 3.35. The third kappa shape index (κ3) is 2.47. The van der Waals surface area contributed by atoms with Crippen molar-refractivity contribution in [3.05, 3.63) is 0 Å². The molecule has 1 heterocycles. The minimum atomic E-state index is -0.893. The quantitative estimate of drug-likeness (QED) is 0.618. The van der Waals surface area contributed by atoms with E-state index in [0.29, 0.717) is 0 Å². The van der Waals surface area contributed by atoms with Crippen molar-refractivity contribution in [2.45, 2.75) is 30.7 Å². The molecule has 2 N–H and O–H groups in total. The lowest BCUT2D eigenvalue weighted by Crippen LogP contribution is -2.60. The zero-order valence-corrected chi connectivity index (χ0v) is 9.12. The van der Waals surface area contributed by atoms with Crippen LogP contribution in [-0.2, 0) is 18.9 Å². The van der Waals surface area contributed by atoms with E-state index >= 15 is 0 Å². The summed E-state index contributed by atoms with van der Waals surface area (Å²) in [6, 6.07) is 0. The van der Waals surface area contributed by atoms with Gasteiger partial charge in [-0.25, -0.2) is 0 Å². The maximum atomic E-state index is 9.91. The first-order chi connectivity index (χ1) is 7.19. The van der Waals surface area contributed by atoms with Gasteiger partial charge in [0, 0.05) is 21.3 Å². The molecule has 1 aliphatic rings. The van der Waals surface area contributed by atoms with Crippen molar-refractivity contribution in [3.63, 3.8) is 0 Å². The van der Waals surface area contributed by atoms with Crippen molar-refractivity contribution >= 4 is 0 Å². The van der Waals surface area contributed by atoms with Gasteiger partial charge in [-0.05, 0) is 0 Å². The molecule has 0 aromatic heterocycles. The van der Waals surface area contributed by atoms with Crippen LogP contribution in [0.5, 0.6) is 0 Å². The first kappa shape index (κ1) is 12.8. The lowest BCUT2D eigenvalue weighted by Gasteiger charge is -2.42. The monoisotopic (exact) mass is 222 g/mol. The Kier molecular flexibility index (Phi) is 4.91. The van der Waals surface area contributed by atoms with Crippen LogP contribution in [0.3, 0.4) is 0 Å². The lowest BCUT2D eigenvalue weighted by molar-refractivity contribution is -0.302. The van der Waals surface area contributed by atoms with Crippen LogP contribution < -0.4 is 0 Å². The van der Waals surface area contributed by atoms with Crippen molar-refractivity contribution in [1.29, 1.82) is 0 Å². The Morgan fingerprint density at radius 1 is 1.07 bits per heavy atom. The van der Waals surface area contributed by atoms with E-state index in [-0.39, 0.29) is 6.61 Å². The van der Waals surface area contributed by atoms with Crippen LogP contribution >= 0.6 is 0 Å². The highest BCUT2D eigenvalue weighted by Gasteiger charge is 2.45. The summed E-state index contributed by atoms with van der Waals surface area (Å²) < 4.78 is 20.5. The molecule has 5 atom stereocenters. The summed E-state index contributed by atoms with van der Waals surface area (Å²) in [6.45, 7) is -0.244. The summed E-state index contributed by atoms with van der Waals surface area (Å²) in [6.07, 6.45) is -3.44. The predicted octanol–water partition coefficient (Wildman–Crippen LogP) is -1.26. The highest BCUT2D eigenvalue weighted by Crippen LogP contribution is 2.25. The normalized spacial score (nSPS) is 41.8. The maximum absolute atomic E-state index is 9.91. The second kappa shape index (κ2) is 5.74. The Morgan fingerprint density at radius 3 is 2.07 bits per heavy atom. The van der Waals surface area contributed by atoms with Gasteiger partial charge < -0.3 is 29.2 Å². The fourth-order valence-electron chi connectivity index (χ4n) is 1.77. The summed E-state index contributed by atoms with van der Waals surface area (Å²) >= 11 is 0. The van der Waals surface area contributed by atoms with E-state index in [1.54, 1.807) is 0 Å². The Hall–Kier alpha value is -0.240. The summed E-state index contributed by atoms with van der Waals surface area (Å²) in [5.41, 5.74) is 0. The number of aliphatic hydroxyl groups excluding tert-OH is 2. The molecule has 1 rings (SSSR count). The topological polar surface area (TPSA) is 77.4 Å². The molecule has 1 aliphatic heterocycles. The molecule has 0 bridgehead atoms. The average Bonchev–Trinajstić information content (AvgIpc) is 2.27. The highest BCUT2D eigenvalue weighted by atomic mass is 16.7. The van der Waals surface area contributed by atoms with E-state index in [1.165, 1.54) is 21.3 Å². The Balaban J connectivity index is 2.76. The zero-order valence-electron chi connectivity index (χ0n) is 9.12. The van der Waals surface area contributed by atoms with Gasteiger partial charge in [-0.3, -0.25) is 0 Å². The molecular formula is C9H18O6. The van der Waals surface area contributed by atoms with Crippen LogP contribution in [0, 0.1) is 0 Å². The molecule has 0 unspecified atom stereocenters. The van der Waals surface area contributed by atoms with Gasteiger partial charge in [0.15, 0.2) is 6.29 Å². The number of hydrogen-bond donors (Lipinski definition) is 2. The predicted molar refractivity (Wildman–Crippen MR) is 50.4 cm³/mol. The van der Waals surface area contributed by atoms with Gasteiger partial charge in [-0.2, -0.15) is 0 Å². The van der Waals surface area contributed by atoms with Crippen LogP contribution in [0.15, 0.2) is 0 Å². The fourth-order valence-corrected chi connectivity index (χ4v) is 1.77. The fraction of sp³-hybridized carbons (Fsp3) is 1.00. The maximum Gasteiger partial charge on any atom is 0.186 e. The largest absolute Gasteiger partial charge is 0.394 e. The van der Waals surface area contributed by atoms with Crippen LogP contribution in [0.25, 0.3) is 0 Å². The molecule has 0 aliphatic carbocycles. The van der Waals surface area contributed by atoms with Gasteiger partial charge in [0.05, 0.1) is 6.61 Å². The lowest BCUT2D eigenvalue weighted by atomic mass is 9.99. The SMILES string of the molecule is CO[C@@H]1O[C@H](CO)[C@H](OC)[C@H](O)[C@H]1OC. The number of rotatable bonds is 4. The third-order valence-corrected chi connectivity index (χ3v) is 2.57. The minimum absolute atomic E-state index is 0.244. The standard InChI is InChI=1S/C9H18O6/c1-12-7-5(4-10)15-9(14-3)8(13-2)6(7)11/h5-11H,4H2,1-3H3/t5-,6+,7+,8-,9-/m1/s1. The first-order valence-corrected chi connectivity index (χ1v) is 4.72. The molecule has 1 fully saturated rings. The van der Waals surface area contributed by atoms with Gasteiger partial charge in [-0.1, -0.05) is 0 Å². The summed E-state index contributed by atoms with van der Waals surface area (Å²) in [5, 5.41) is 19.0. The highest BCUT2D eigenvalue weighted by molar-refractivity contribution is 4.90. The number of aliphatic hydroxyl groups is 2. The smallest absolute Gasteiger partial charge is 0.186 e. The van der Waals surface area contributed by atoms with E-state index in [2.05, 4.69) is 0 Å². The molecule has 0 aromatic rings. The molecule has 1 saturated heterocycles. The minimum Gasteiger partial charge on any atom is -0.394 e. The Morgan fingerprint density at radius 2 is 1.67 bits per heavy atom.